The summed E-state index contributed by atoms with van der Waals surface area (Å²) < 4.78 is 32.3. The summed E-state index contributed by atoms with van der Waals surface area (Å²) in [6, 6.07) is 22.1. The number of hydrogen-bond acceptors (Lipinski definition) is 5. The van der Waals surface area contributed by atoms with E-state index in [2.05, 4.69) is 5.32 Å². The van der Waals surface area contributed by atoms with Gasteiger partial charge in [0.2, 0.25) is 15.9 Å². The number of nitrogens with zero attached hydrogens (tertiary/aromatic N) is 1. The van der Waals surface area contributed by atoms with Crippen LogP contribution in [0.2, 0.25) is 0 Å². The molecule has 0 atom stereocenters. The molecule has 0 unspecified atom stereocenters. The first kappa shape index (κ1) is 22.9. The normalized spacial score (nSPS) is 11.4. The number of sulfonamides is 1. The van der Waals surface area contributed by atoms with E-state index in [-0.39, 0.29) is 17.2 Å². The molecular formula is C23H24N2O4S2. The minimum absolute atomic E-state index is 0.0327. The fraction of sp³-hybridized carbons (Fsp3) is 0.174. The molecule has 162 valence electrons. The maximum atomic E-state index is 13.0. The fourth-order valence-corrected chi connectivity index (χ4v) is 5.19. The number of carbonyl (C=O) groups excluding carboxylic acids is 1. The van der Waals surface area contributed by atoms with Gasteiger partial charge in [-0.25, -0.2) is 8.42 Å². The predicted octanol–water partition coefficient (Wildman–Crippen LogP) is 4.41. The standard InChI is InChI=1S/C23H24N2O4S2/c1-17-13-14-20(29-3)22(15-17)31(27,28)25(2)16-23(26)24-19-11-7-8-12-21(19)30-18-9-5-4-6-10-18/h4-15H,16H2,1-3H3,(H,24,26). The summed E-state index contributed by atoms with van der Waals surface area (Å²) in [5, 5.41) is 2.83. The van der Waals surface area contributed by atoms with Crippen molar-refractivity contribution in [2.24, 2.45) is 0 Å². The largest absolute Gasteiger partial charge is 0.495 e. The van der Waals surface area contributed by atoms with Gasteiger partial charge in [-0.2, -0.15) is 4.31 Å². The highest BCUT2D eigenvalue weighted by atomic mass is 32.2. The molecule has 0 spiro atoms. The molecule has 0 bridgehead atoms. The zero-order chi connectivity index (χ0) is 22.4. The molecule has 0 heterocycles. The lowest BCUT2D eigenvalue weighted by Gasteiger charge is -2.19. The van der Waals surface area contributed by atoms with E-state index in [0.29, 0.717) is 5.69 Å². The van der Waals surface area contributed by atoms with E-state index in [0.717, 1.165) is 19.7 Å². The topological polar surface area (TPSA) is 75.7 Å². The first-order valence-corrected chi connectivity index (χ1v) is 11.8. The van der Waals surface area contributed by atoms with Crippen LogP contribution in [0.3, 0.4) is 0 Å². The van der Waals surface area contributed by atoms with Gasteiger partial charge in [0.25, 0.3) is 0 Å². The van der Waals surface area contributed by atoms with Gasteiger partial charge in [-0.1, -0.05) is 48.2 Å². The SMILES string of the molecule is COc1ccc(C)cc1S(=O)(=O)N(C)CC(=O)Nc1ccccc1Sc1ccccc1. The molecule has 0 aliphatic carbocycles. The minimum atomic E-state index is -3.91. The Balaban J connectivity index is 1.75. The molecule has 31 heavy (non-hydrogen) atoms. The fourth-order valence-electron chi connectivity index (χ4n) is 2.90. The van der Waals surface area contributed by atoms with E-state index in [1.165, 1.54) is 32.0 Å². The molecule has 0 radical (unpaired) electrons. The molecular weight excluding hydrogens is 432 g/mol. The third kappa shape index (κ3) is 5.66. The molecule has 3 aromatic carbocycles. The Morgan fingerprint density at radius 3 is 2.42 bits per heavy atom. The van der Waals surface area contributed by atoms with Crippen molar-refractivity contribution in [3.63, 3.8) is 0 Å². The van der Waals surface area contributed by atoms with Crippen molar-refractivity contribution in [3.05, 3.63) is 78.4 Å². The van der Waals surface area contributed by atoms with Crippen LogP contribution in [-0.2, 0) is 14.8 Å². The average Bonchev–Trinajstić information content (AvgIpc) is 2.75. The number of benzene rings is 3. The van der Waals surface area contributed by atoms with E-state index in [1.54, 1.807) is 25.1 Å². The minimum Gasteiger partial charge on any atom is -0.495 e. The molecule has 0 saturated heterocycles. The zero-order valence-electron chi connectivity index (χ0n) is 17.5. The van der Waals surface area contributed by atoms with Gasteiger partial charge in [0.15, 0.2) is 0 Å². The van der Waals surface area contributed by atoms with Crippen LogP contribution in [0.15, 0.2) is 87.5 Å². The number of anilines is 1. The van der Waals surface area contributed by atoms with Crippen LogP contribution in [0.5, 0.6) is 5.75 Å². The van der Waals surface area contributed by atoms with Crippen molar-refractivity contribution in [2.45, 2.75) is 21.6 Å². The van der Waals surface area contributed by atoms with Crippen LogP contribution >= 0.6 is 11.8 Å². The summed E-state index contributed by atoms with van der Waals surface area (Å²) in [5.41, 5.74) is 1.41. The molecule has 6 nitrogen and oxygen atoms in total. The van der Waals surface area contributed by atoms with Crippen LogP contribution in [0.1, 0.15) is 5.56 Å². The first-order chi connectivity index (χ1) is 14.8. The number of para-hydroxylation sites is 1. The second-order valence-corrected chi connectivity index (χ2v) is 10.0. The molecule has 1 N–H and O–H groups in total. The number of methoxy groups -OCH3 is 1. The third-order valence-electron chi connectivity index (χ3n) is 4.51. The molecule has 8 heteroatoms. The second-order valence-electron chi connectivity index (χ2n) is 6.87. The quantitative estimate of drug-likeness (QED) is 0.543. The van der Waals surface area contributed by atoms with Gasteiger partial charge in [-0.3, -0.25) is 4.79 Å². The van der Waals surface area contributed by atoms with E-state index in [9.17, 15) is 13.2 Å². The number of rotatable bonds is 8. The Labute approximate surface area is 187 Å². The molecule has 1 amide bonds. The Bertz CT molecular complexity index is 1170. The lowest BCUT2D eigenvalue weighted by molar-refractivity contribution is -0.116. The van der Waals surface area contributed by atoms with Crippen molar-refractivity contribution >= 4 is 33.4 Å². The summed E-state index contributed by atoms with van der Waals surface area (Å²) in [6.45, 7) is 1.47. The van der Waals surface area contributed by atoms with Crippen LogP contribution in [0.4, 0.5) is 5.69 Å². The molecule has 0 fully saturated rings. The average molecular weight is 457 g/mol. The summed E-state index contributed by atoms with van der Waals surface area (Å²) in [5.74, 6) is -0.193. The Morgan fingerprint density at radius 1 is 1.03 bits per heavy atom. The summed E-state index contributed by atoms with van der Waals surface area (Å²) in [4.78, 5) is 14.6. The number of hydrogen-bond donors (Lipinski definition) is 1. The lowest BCUT2D eigenvalue weighted by Crippen LogP contribution is -2.35. The van der Waals surface area contributed by atoms with E-state index in [4.69, 9.17) is 4.74 Å². The van der Waals surface area contributed by atoms with Crippen molar-refractivity contribution in [2.75, 3.05) is 26.0 Å². The number of carbonyl (C=O) groups is 1. The van der Waals surface area contributed by atoms with E-state index >= 15 is 0 Å². The summed E-state index contributed by atoms with van der Waals surface area (Å²) in [7, 11) is -1.12. The molecule has 0 aliphatic heterocycles. The van der Waals surface area contributed by atoms with Crippen molar-refractivity contribution < 1.29 is 17.9 Å². The predicted molar refractivity (Wildman–Crippen MR) is 123 cm³/mol. The third-order valence-corrected chi connectivity index (χ3v) is 7.41. The highest BCUT2D eigenvalue weighted by Gasteiger charge is 2.26. The van der Waals surface area contributed by atoms with Crippen molar-refractivity contribution in [1.82, 2.24) is 4.31 Å². The van der Waals surface area contributed by atoms with Crippen LogP contribution in [0, 0.1) is 6.92 Å². The van der Waals surface area contributed by atoms with Gasteiger partial charge in [0, 0.05) is 16.8 Å². The molecule has 3 aromatic rings. The maximum Gasteiger partial charge on any atom is 0.246 e. The molecule has 3 rings (SSSR count). The van der Waals surface area contributed by atoms with Gasteiger partial charge in [0.05, 0.1) is 19.3 Å². The lowest BCUT2D eigenvalue weighted by atomic mass is 10.2. The van der Waals surface area contributed by atoms with Crippen molar-refractivity contribution in [1.29, 1.82) is 0 Å². The number of amides is 1. The number of nitrogens with one attached hydrogen (secondary N) is 1. The van der Waals surface area contributed by atoms with Crippen LogP contribution in [-0.4, -0.2) is 39.3 Å². The number of ether oxygens (including phenoxy) is 1. The van der Waals surface area contributed by atoms with E-state index < -0.39 is 15.9 Å². The molecule has 0 aromatic heterocycles. The Kier molecular flexibility index (Phi) is 7.37. The maximum absolute atomic E-state index is 13.0. The molecule has 0 saturated carbocycles. The Morgan fingerprint density at radius 2 is 1.71 bits per heavy atom. The number of aryl methyl sites for hydroxylation is 1. The van der Waals surface area contributed by atoms with Gasteiger partial charge in [-0.15, -0.1) is 0 Å². The monoisotopic (exact) mass is 456 g/mol. The van der Waals surface area contributed by atoms with Crippen LogP contribution < -0.4 is 10.1 Å². The summed E-state index contributed by atoms with van der Waals surface area (Å²) in [6.07, 6.45) is 0. The first-order valence-electron chi connectivity index (χ1n) is 9.54. The highest BCUT2D eigenvalue weighted by Crippen LogP contribution is 2.33. The van der Waals surface area contributed by atoms with Gasteiger partial charge in [0.1, 0.15) is 10.6 Å². The van der Waals surface area contributed by atoms with E-state index in [1.807, 2.05) is 48.5 Å². The van der Waals surface area contributed by atoms with Gasteiger partial charge >= 0.3 is 0 Å². The van der Waals surface area contributed by atoms with Gasteiger partial charge < -0.3 is 10.1 Å². The number of likely N-dealkylation sites (N-methyl/N-ethyl adjacent to an activating group) is 1. The molecule has 0 aliphatic rings. The second kappa shape index (κ2) is 10.00. The van der Waals surface area contributed by atoms with Crippen LogP contribution in [0.25, 0.3) is 0 Å². The Hall–Kier alpha value is -2.81. The summed E-state index contributed by atoms with van der Waals surface area (Å²) >= 11 is 1.52. The van der Waals surface area contributed by atoms with Crippen molar-refractivity contribution in [3.8, 4) is 5.75 Å². The smallest absolute Gasteiger partial charge is 0.246 e. The zero-order valence-corrected chi connectivity index (χ0v) is 19.2. The van der Waals surface area contributed by atoms with Gasteiger partial charge in [-0.05, 0) is 48.9 Å². The highest BCUT2D eigenvalue weighted by molar-refractivity contribution is 7.99.